The number of halogens is 1. The maximum absolute atomic E-state index is 6.20. The van der Waals surface area contributed by atoms with E-state index in [0.717, 1.165) is 26.8 Å². The minimum absolute atomic E-state index is 0.499. The Morgan fingerprint density at radius 2 is 2.19 bits per heavy atom. The van der Waals surface area contributed by atoms with E-state index in [1.807, 2.05) is 12.1 Å². The van der Waals surface area contributed by atoms with E-state index >= 15 is 0 Å². The third kappa shape index (κ3) is 2.28. The average molecular weight is 347 g/mol. The lowest BCUT2D eigenvalue weighted by Crippen LogP contribution is -2.34. The van der Waals surface area contributed by atoms with Crippen LogP contribution in [0.5, 0.6) is 0 Å². The highest BCUT2D eigenvalue weighted by Gasteiger charge is 2.37. The summed E-state index contributed by atoms with van der Waals surface area (Å²) in [5, 5.41) is 4.82. The van der Waals surface area contributed by atoms with Crippen LogP contribution in [0.1, 0.15) is 19.3 Å². The first-order chi connectivity index (χ1) is 10.2. The molecule has 4 rings (SSSR count). The summed E-state index contributed by atoms with van der Waals surface area (Å²) in [6.07, 6.45) is 5.58. The normalized spacial score (nSPS) is 25.4. The molecule has 2 atom stereocenters. The molecule has 0 spiro atoms. The van der Waals surface area contributed by atoms with Crippen LogP contribution in [0.2, 0.25) is 0 Å². The second-order valence-electron chi connectivity index (χ2n) is 6.04. The van der Waals surface area contributed by atoms with Crippen LogP contribution >= 0.6 is 15.9 Å². The Balaban J connectivity index is 1.72. The molecule has 2 fully saturated rings. The Bertz CT molecular complexity index is 682. The van der Waals surface area contributed by atoms with Crippen molar-refractivity contribution in [1.29, 1.82) is 0 Å². The molecule has 1 aromatic carbocycles. The van der Waals surface area contributed by atoms with Gasteiger partial charge in [-0.15, -0.1) is 0 Å². The molecule has 110 valence electrons. The van der Waals surface area contributed by atoms with Gasteiger partial charge in [0.2, 0.25) is 0 Å². The second kappa shape index (κ2) is 5.14. The van der Waals surface area contributed by atoms with Gasteiger partial charge in [-0.2, -0.15) is 0 Å². The number of nitrogens with one attached hydrogen (secondary N) is 1. The predicted octanol–water partition coefficient (Wildman–Crippen LogP) is 3.23. The lowest BCUT2D eigenvalue weighted by atomic mass is 10.1. The minimum atomic E-state index is 0.499. The number of rotatable bonds is 2. The molecule has 2 saturated heterocycles. The van der Waals surface area contributed by atoms with E-state index in [9.17, 15) is 0 Å². The second-order valence-corrected chi connectivity index (χ2v) is 6.95. The highest BCUT2D eigenvalue weighted by atomic mass is 79.9. The van der Waals surface area contributed by atoms with Crippen LogP contribution < -0.4 is 11.1 Å². The first-order valence-corrected chi connectivity index (χ1v) is 8.36. The Morgan fingerprint density at radius 1 is 1.29 bits per heavy atom. The van der Waals surface area contributed by atoms with Gasteiger partial charge in [0.15, 0.2) is 0 Å². The van der Waals surface area contributed by atoms with Gasteiger partial charge in [0, 0.05) is 28.5 Å². The molecule has 0 amide bonds. The van der Waals surface area contributed by atoms with Crippen molar-refractivity contribution in [2.45, 2.75) is 31.3 Å². The summed E-state index contributed by atoms with van der Waals surface area (Å²) in [6.45, 7) is 2.45. The molecule has 2 aliphatic heterocycles. The largest absolute Gasteiger partial charge is 0.396 e. The third-order valence-corrected chi connectivity index (χ3v) is 5.29. The number of aromatic nitrogens is 1. The molecule has 3 N–H and O–H groups in total. The summed E-state index contributed by atoms with van der Waals surface area (Å²) >= 11 is 3.54. The van der Waals surface area contributed by atoms with Gasteiger partial charge in [0.1, 0.15) is 0 Å². The molecule has 0 bridgehead atoms. The first-order valence-electron chi connectivity index (χ1n) is 7.57. The van der Waals surface area contributed by atoms with Crippen molar-refractivity contribution in [3.05, 3.63) is 28.9 Å². The van der Waals surface area contributed by atoms with Crippen molar-refractivity contribution < 1.29 is 0 Å². The van der Waals surface area contributed by atoms with Crippen LogP contribution in [0.3, 0.4) is 0 Å². The molecule has 5 heteroatoms. The Morgan fingerprint density at radius 3 is 3.10 bits per heavy atom. The summed E-state index contributed by atoms with van der Waals surface area (Å²) in [6, 6.07) is 7.31. The molecule has 21 heavy (non-hydrogen) atoms. The van der Waals surface area contributed by atoms with Crippen LogP contribution in [0.25, 0.3) is 10.9 Å². The SMILES string of the molecule is Nc1cnc2ccc(Br)cc2c1NC1CCN2CCCC12. The van der Waals surface area contributed by atoms with Crippen LogP contribution in [-0.4, -0.2) is 35.1 Å². The van der Waals surface area contributed by atoms with Crippen LogP contribution in [0, 0.1) is 0 Å². The number of nitrogen functional groups attached to an aromatic ring is 1. The van der Waals surface area contributed by atoms with Crippen molar-refractivity contribution in [2.24, 2.45) is 0 Å². The van der Waals surface area contributed by atoms with Gasteiger partial charge in [0.25, 0.3) is 0 Å². The van der Waals surface area contributed by atoms with Crippen molar-refractivity contribution in [3.8, 4) is 0 Å². The topological polar surface area (TPSA) is 54.2 Å². The van der Waals surface area contributed by atoms with E-state index in [4.69, 9.17) is 5.73 Å². The zero-order chi connectivity index (χ0) is 14.4. The van der Waals surface area contributed by atoms with Crippen molar-refractivity contribution in [2.75, 3.05) is 24.1 Å². The molecule has 1 aromatic heterocycles. The summed E-state index contributed by atoms with van der Waals surface area (Å²) in [4.78, 5) is 7.03. The van der Waals surface area contributed by atoms with Crippen molar-refractivity contribution in [1.82, 2.24) is 9.88 Å². The summed E-state index contributed by atoms with van der Waals surface area (Å²) < 4.78 is 1.05. The number of fused-ring (bicyclic) bond motifs is 2. The predicted molar refractivity (Wildman–Crippen MR) is 90.5 cm³/mol. The molecule has 0 saturated carbocycles. The smallest absolute Gasteiger partial charge is 0.0743 e. The van der Waals surface area contributed by atoms with E-state index in [-0.39, 0.29) is 0 Å². The van der Waals surface area contributed by atoms with E-state index in [0.29, 0.717) is 12.1 Å². The van der Waals surface area contributed by atoms with Gasteiger partial charge in [-0.25, -0.2) is 0 Å². The zero-order valence-electron chi connectivity index (χ0n) is 11.8. The minimum Gasteiger partial charge on any atom is -0.396 e. The van der Waals surface area contributed by atoms with E-state index < -0.39 is 0 Å². The molecule has 2 unspecified atom stereocenters. The number of hydrogen-bond acceptors (Lipinski definition) is 4. The fourth-order valence-electron chi connectivity index (χ4n) is 3.78. The molecule has 3 heterocycles. The van der Waals surface area contributed by atoms with Gasteiger partial charge >= 0.3 is 0 Å². The fraction of sp³-hybridized carbons (Fsp3) is 0.438. The Labute approximate surface area is 132 Å². The van der Waals surface area contributed by atoms with Crippen LogP contribution in [-0.2, 0) is 0 Å². The van der Waals surface area contributed by atoms with Crippen molar-refractivity contribution >= 4 is 38.2 Å². The maximum atomic E-state index is 6.20. The number of nitrogens with two attached hydrogens (primary N) is 1. The van der Waals surface area contributed by atoms with E-state index in [2.05, 4.69) is 37.2 Å². The average Bonchev–Trinajstić information content (AvgIpc) is 3.06. The number of pyridine rings is 1. The number of hydrogen-bond donors (Lipinski definition) is 2. The summed E-state index contributed by atoms with van der Waals surface area (Å²) in [5.41, 5.74) is 8.96. The number of benzene rings is 1. The third-order valence-electron chi connectivity index (χ3n) is 4.80. The highest BCUT2D eigenvalue weighted by molar-refractivity contribution is 9.10. The standard InChI is InChI=1S/C16H19BrN4/c17-10-3-4-13-11(8-10)16(12(18)9-19-13)20-14-5-7-21-6-1-2-15(14)21/h3-4,8-9,14-15H,1-2,5-7,18H2,(H,19,20). The van der Waals surface area contributed by atoms with E-state index in [1.54, 1.807) is 6.20 Å². The van der Waals surface area contributed by atoms with Gasteiger partial charge < -0.3 is 11.1 Å². The summed E-state index contributed by atoms with van der Waals surface area (Å²) in [5.74, 6) is 0. The number of nitrogens with zero attached hydrogens (tertiary/aromatic N) is 2. The first kappa shape index (κ1) is 13.3. The summed E-state index contributed by atoms with van der Waals surface area (Å²) in [7, 11) is 0. The molecular formula is C16H19BrN4. The highest BCUT2D eigenvalue weighted by Crippen LogP contribution is 2.35. The molecule has 2 aromatic rings. The molecule has 2 aliphatic rings. The quantitative estimate of drug-likeness (QED) is 0.876. The van der Waals surface area contributed by atoms with Gasteiger partial charge in [0.05, 0.1) is 23.1 Å². The fourth-order valence-corrected chi connectivity index (χ4v) is 4.14. The molecule has 0 radical (unpaired) electrons. The Kier molecular flexibility index (Phi) is 3.27. The van der Waals surface area contributed by atoms with Gasteiger partial charge in [-0.05, 0) is 44.0 Å². The lowest BCUT2D eigenvalue weighted by Gasteiger charge is -2.23. The zero-order valence-corrected chi connectivity index (χ0v) is 13.4. The van der Waals surface area contributed by atoms with Crippen molar-refractivity contribution in [3.63, 3.8) is 0 Å². The van der Waals surface area contributed by atoms with Crippen LogP contribution in [0.4, 0.5) is 11.4 Å². The molecule has 0 aliphatic carbocycles. The molecule has 4 nitrogen and oxygen atoms in total. The lowest BCUT2D eigenvalue weighted by molar-refractivity contribution is 0.318. The van der Waals surface area contributed by atoms with Crippen LogP contribution in [0.15, 0.2) is 28.9 Å². The number of anilines is 2. The Hall–Kier alpha value is -1.33. The van der Waals surface area contributed by atoms with Gasteiger partial charge in [-0.1, -0.05) is 15.9 Å². The maximum Gasteiger partial charge on any atom is 0.0743 e. The molecular weight excluding hydrogens is 328 g/mol. The van der Waals surface area contributed by atoms with E-state index in [1.165, 1.54) is 32.4 Å². The van der Waals surface area contributed by atoms with Gasteiger partial charge in [-0.3, -0.25) is 9.88 Å². The monoisotopic (exact) mass is 346 g/mol.